The molecule has 0 aromatic rings. The first-order chi connectivity index (χ1) is 17.7. The van der Waals surface area contributed by atoms with Crippen LogP contribution in [0.2, 0.25) is 0 Å². The summed E-state index contributed by atoms with van der Waals surface area (Å²) in [7, 11) is 0. The Morgan fingerprint density at radius 3 is 1.70 bits per heavy atom. The lowest BCUT2D eigenvalue weighted by molar-refractivity contribution is -0.178. The summed E-state index contributed by atoms with van der Waals surface area (Å²) in [5.74, 6) is -0.610. The van der Waals surface area contributed by atoms with Gasteiger partial charge in [-0.3, -0.25) is 5.32 Å². The number of ether oxygens (including phenoxy) is 3. The van der Waals surface area contributed by atoms with Crippen molar-refractivity contribution in [3.8, 4) is 0 Å². The van der Waals surface area contributed by atoms with E-state index in [1.165, 1.54) is 0 Å². The fourth-order valence-corrected chi connectivity index (χ4v) is 3.18. The van der Waals surface area contributed by atoms with E-state index in [1.54, 1.807) is 34.6 Å². The van der Waals surface area contributed by atoms with Crippen molar-refractivity contribution in [2.45, 2.75) is 111 Å². The second-order valence-electron chi connectivity index (χ2n) is 9.58. The van der Waals surface area contributed by atoms with E-state index in [1.807, 2.05) is 0 Å². The molecule has 0 heterocycles. The molecule has 37 heavy (non-hydrogen) atoms. The van der Waals surface area contributed by atoms with Crippen molar-refractivity contribution in [1.29, 1.82) is 0 Å². The first-order valence-corrected chi connectivity index (χ1v) is 13.8. The van der Waals surface area contributed by atoms with Gasteiger partial charge in [-0.15, -0.1) is 0 Å². The van der Waals surface area contributed by atoms with Crippen LogP contribution in [-0.2, 0) is 19.0 Å². The molecule has 0 saturated heterocycles. The van der Waals surface area contributed by atoms with Crippen LogP contribution in [0.3, 0.4) is 0 Å². The molecule has 0 bridgehead atoms. The molecular weight excluding hydrogens is 466 g/mol. The molecule has 0 rings (SSSR count). The summed E-state index contributed by atoms with van der Waals surface area (Å²) in [6, 6.07) is 0. The monoisotopic (exact) mass is 517 g/mol. The number of hydrogen-bond donors (Lipinski definition) is 1. The number of nitrogens with one attached hydrogen (secondary N) is 1. The Bertz CT molecular complexity index is 758. The molecule has 0 aliphatic rings. The maximum atomic E-state index is 12.6. The van der Waals surface area contributed by atoms with Gasteiger partial charge in [-0.1, -0.05) is 74.6 Å². The summed E-state index contributed by atoms with van der Waals surface area (Å²) in [5, 5.41) is 2.59. The normalized spacial score (nSPS) is 14.3. The van der Waals surface area contributed by atoms with Gasteiger partial charge in [0.05, 0.1) is 13.2 Å². The molecule has 1 amide bonds. The lowest BCUT2D eigenvalue weighted by Crippen LogP contribution is -2.58. The second-order valence-corrected chi connectivity index (χ2v) is 9.58. The molecule has 0 spiro atoms. The quantitative estimate of drug-likeness (QED) is 0.0810. The molecule has 0 aromatic heterocycles. The van der Waals surface area contributed by atoms with E-state index < -0.39 is 23.4 Å². The van der Waals surface area contributed by atoms with Crippen molar-refractivity contribution >= 4 is 12.1 Å². The number of carbonyl (C=O) groups excluding carboxylic acids is 2. The van der Waals surface area contributed by atoms with Crippen molar-refractivity contribution < 1.29 is 23.8 Å². The molecule has 0 radical (unpaired) electrons. The van der Waals surface area contributed by atoms with Gasteiger partial charge < -0.3 is 14.2 Å². The third kappa shape index (κ3) is 19.2. The highest BCUT2D eigenvalue weighted by Crippen LogP contribution is 2.18. The predicted octanol–water partition coefficient (Wildman–Crippen LogP) is 8.12. The second kappa shape index (κ2) is 21.5. The summed E-state index contributed by atoms with van der Waals surface area (Å²) in [4.78, 5) is 24.9. The van der Waals surface area contributed by atoms with Crippen molar-refractivity contribution in [2.75, 3.05) is 13.2 Å². The maximum absolute atomic E-state index is 12.6. The van der Waals surface area contributed by atoms with Crippen molar-refractivity contribution in [3.05, 3.63) is 60.8 Å². The summed E-state index contributed by atoms with van der Waals surface area (Å²) < 4.78 is 16.3. The average Bonchev–Trinajstić information content (AvgIpc) is 2.83. The molecular formula is C31H51NO5. The molecule has 6 nitrogen and oxygen atoms in total. The Labute approximate surface area is 225 Å². The third-order valence-corrected chi connectivity index (χ3v) is 5.08. The Kier molecular flexibility index (Phi) is 20.0. The topological polar surface area (TPSA) is 73.9 Å². The highest BCUT2D eigenvalue weighted by Gasteiger charge is 2.42. The highest BCUT2D eigenvalue weighted by atomic mass is 16.6. The molecule has 0 aromatic carbocycles. The minimum Gasteiger partial charge on any atom is -0.462 e. The number of unbranched alkanes of at least 4 members (excludes halogenated alkanes) is 2. The number of allylic oxidation sites excluding steroid dienone is 10. The highest BCUT2D eigenvalue weighted by molar-refractivity contribution is 5.84. The molecule has 0 saturated carbocycles. The first-order valence-electron chi connectivity index (χ1n) is 13.8. The summed E-state index contributed by atoms with van der Waals surface area (Å²) in [6.07, 6.45) is 28.9. The lowest BCUT2D eigenvalue weighted by Gasteiger charge is -2.32. The Morgan fingerprint density at radius 2 is 1.24 bits per heavy atom. The van der Waals surface area contributed by atoms with Crippen LogP contribution in [0.15, 0.2) is 60.8 Å². The fourth-order valence-electron chi connectivity index (χ4n) is 3.18. The Balaban J connectivity index is 4.25. The summed E-state index contributed by atoms with van der Waals surface area (Å²) >= 11 is 0. The van der Waals surface area contributed by atoms with E-state index in [9.17, 15) is 9.59 Å². The van der Waals surface area contributed by atoms with Crippen LogP contribution < -0.4 is 5.32 Å². The number of carbonyl (C=O) groups is 2. The summed E-state index contributed by atoms with van der Waals surface area (Å²) in [5.41, 5.74) is -2.23. The number of rotatable bonds is 19. The van der Waals surface area contributed by atoms with Gasteiger partial charge in [-0.25, -0.2) is 9.59 Å². The Morgan fingerprint density at radius 1 is 0.730 bits per heavy atom. The van der Waals surface area contributed by atoms with Gasteiger partial charge in [0, 0.05) is 6.42 Å². The van der Waals surface area contributed by atoms with Crippen LogP contribution in [-0.4, -0.2) is 36.6 Å². The van der Waals surface area contributed by atoms with E-state index >= 15 is 0 Å². The molecule has 0 fully saturated rings. The van der Waals surface area contributed by atoms with Gasteiger partial charge in [0.1, 0.15) is 5.60 Å². The fraction of sp³-hybridized carbons (Fsp3) is 0.613. The third-order valence-electron chi connectivity index (χ3n) is 5.08. The molecule has 1 N–H and O–H groups in total. The van der Waals surface area contributed by atoms with Gasteiger partial charge in [0.15, 0.2) is 0 Å². The number of amides is 1. The minimum atomic E-state index is -1.55. The number of hydrogen-bond acceptors (Lipinski definition) is 5. The zero-order chi connectivity index (χ0) is 27.8. The molecule has 1 atom stereocenters. The molecule has 0 aliphatic heterocycles. The number of alkyl carbamates (subject to hydrolysis) is 1. The molecule has 210 valence electrons. The summed E-state index contributed by atoms with van der Waals surface area (Å²) in [6.45, 7) is 11.4. The minimum absolute atomic E-state index is 0.198. The van der Waals surface area contributed by atoms with Gasteiger partial charge in [-0.05, 0) is 79.1 Å². The molecule has 1 unspecified atom stereocenters. The maximum Gasteiger partial charge on any atom is 0.410 e. The van der Waals surface area contributed by atoms with Crippen LogP contribution in [0, 0.1) is 0 Å². The van der Waals surface area contributed by atoms with Crippen molar-refractivity contribution in [2.24, 2.45) is 0 Å². The SMILES string of the molecule is CC/C=C\C/C=C\C/C=C\C/C=C\C/C=C\CCCCOC(CC)(NC(=O)OC(C)(C)C)C(=O)OCC. The number of esters is 1. The van der Waals surface area contributed by atoms with E-state index in [0.717, 1.165) is 51.4 Å². The van der Waals surface area contributed by atoms with E-state index in [0.29, 0.717) is 6.61 Å². The zero-order valence-electron chi connectivity index (χ0n) is 24.1. The standard InChI is InChI=1S/C31H51NO5/c1-7-10-11-12-13-14-15-16-17-18-19-20-21-22-23-24-25-26-27-36-31(8-2,28(33)35-9-3)32-29(34)37-30(4,5)6/h10-11,13-14,16-17,19-20,22-23H,7-9,12,15,18,21,24-27H2,1-6H3,(H,32,34)/b11-10-,14-13-,17-16-,20-19-,23-22-. The largest absolute Gasteiger partial charge is 0.462 e. The van der Waals surface area contributed by atoms with Crippen LogP contribution in [0.5, 0.6) is 0 Å². The van der Waals surface area contributed by atoms with Gasteiger partial charge in [0.2, 0.25) is 5.72 Å². The van der Waals surface area contributed by atoms with Crippen LogP contribution in [0.1, 0.15) is 99.3 Å². The first kappa shape index (κ1) is 34.4. The van der Waals surface area contributed by atoms with Crippen LogP contribution in [0.4, 0.5) is 4.79 Å². The van der Waals surface area contributed by atoms with Gasteiger partial charge in [-0.2, -0.15) is 0 Å². The van der Waals surface area contributed by atoms with Crippen molar-refractivity contribution in [3.63, 3.8) is 0 Å². The molecule has 6 heteroatoms. The smallest absolute Gasteiger partial charge is 0.410 e. The zero-order valence-corrected chi connectivity index (χ0v) is 24.1. The predicted molar refractivity (Wildman–Crippen MR) is 153 cm³/mol. The lowest BCUT2D eigenvalue weighted by atomic mass is 10.1. The van der Waals surface area contributed by atoms with E-state index in [2.05, 4.69) is 73.0 Å². The van der Waals surface area contributed by atoms with Crippen molar-refractivity contribution in [1.82, 2.24) is 5.32 Å². The van der Waals surface area contributed by atoms with E-state index in [-0.39, 0.29) is 13.0 Å². The van der Waals surface area contributed by atoms with Crippen LogP contribution in [0.25, 0.3) is 0 Å². The van der Waals surface area contributed by atoms with Gasteiger partial charge in [0.25, 0.3) is 0 Å². The molecule has 0 aliphatic carbocycles. The van der Waals surface area contributed by atoms with E-state index in [4.69, 9.17) is 14.2 Å². The van der Waals surface area contributed by atoms with Gasteiger partial charge >= 0.3 is 12.1 Å². The van der Waals surface area contributed by atoms with Crippen LogP contribution >= 0.6 is 0 Å². The Hall–Kier alpha value is -2.60. The average molecular weight is 518 g/mol.